The minimum absolute atomic E-state index is 0.595. The van der Waals surface area contributed by atoms with Gasteiger partial charge in [0.05, 0.1) is 0 Å². The standard InChI is InChI=1S/C8H18OPS2/c1-7(2)5-9-10(11)12-6-8(3)4/h7-8H,5-6H2,1-4H3/q+1. The van der Waals surface area contributed by atoms with Crippen molar-refractivity contribution in [2.45, 2.75) is 27.7 Å². The molecule has 4 heteroatoms. The second kappa shape index (κ2) is 7.25. The Hall–Kier alpha value is 0.830. The Bertz CT molecular complexity index is 123. The Morgan fingerprint density at radius 2 is 1.83 bits per heavy atom. The van der Waals surface area contributed by atoms with Crippen molar-refractivity contribution < 1.29 is 4.52 Å². The summed E-state index contributed by atoms with van der Waals surface area (Å²) in [5, 5.41) is 0. The lowest BCUT2D eigenvalue weighted by Crippen LogP contribution is -1.95. The quantitative estimate of drug-likeness (QED) is 0.636. The van der Waals surface area contributed by atoms with Crippen LogP contribution in [0.2, 0.25) is 0 Å². The largest absolute Gasteiger partial charge is 0.414 e. The fourth-order valence-corrected chi connectivity index (χ4v) is 3.77. The number of hydrogen-bond acceptors (Lipinski definition) is 3. The van der Waals surface area contributed by atoms with Gasteiger partial charge in [0, 0.05) is 5.75 Å². The Morgan fingerprint density at radius 1 is 1.25 bits per heavy atom. The Morgan fingerprint density at radius 3 is 2.25 bits per heavy atom. The van der Waals surface area contributed by atoms with Crippen molar-refractivity contribution in [3.63, 3.8) is 0 Å². The molecule has 1 atom stereocenters. The topological polar surface area (TPSA) is 9.23 Å². The highest BCUT2D eigenvalue weighted by molar-refractivity contribution is 8.62. The van der Waals surface area contributed by atoms with Gasteiger partial charge in [-0.3, -0.25) is 0 Å². The molecular formula is C8H18OPS2+. The van der Waals surface area contributed by atoms with Crippen molar-refractivity contribution in [1.29, 1.82) is 0 Å². The molecule has 1 unspecified atom stereocenters. The molecule has 0 aromatic carbocycles. The fraction of sp³-hybridized carbons (Fsp3) is 1.00. The summed E-state index contributed by atoms with van der Waals surface area (Å²) < 4.78 is 5.50. The molecule has 72 valence electrons. The molecule has 0 bridgehead atoms. The van der Waals surface area contributed by atoms with Gasteiger partial charge in [0.2, 0.25) is 11.8 Å². The van der Waals surface area contributed by atoms with Gasteiger partial charge in [-0.2, -0.15) is 4.52 Å². The fourth-order valence-electron chi connectivity index (χ4n) is 0.457. The Kier molecular flexibility index (Phi) is 7.76. The summed E-state index contributed by atoms with van der Waals surface area (Å²) in [6.45, 7) is 9.50. The van der Waals surface area contributed by atoms with Crippen LogP contribution in [-0.4, -0.2) is 12.4 Å². The van der Waals surface area contributed by atoms with E-state index in [9.17, 15) is 0 Å². The molecule has 0 saturated heterocycles. The Labute approximate surface area is 85.9 Å². The van der Waals surface area contributed by atoms with Gasteiger partial charge < -0.3 is 0 Å². The van der Waals surface area contributed by atoms with Crippen LogP contribution in [-0.2, 0) is 16.3 Å². The van der Waals surface area contributed by atoms with E-state index in [2.05, 4.69) is 27.7 Å². The van der Waals surface area contributed by atoms with E-state index in [0.29, 0.717) is 11.8 Å². The van der Waals surface area contributed by atoms with Crippen LogP contribution >= 0.6 is 17.5 Å². The molecule has 0 aromatic heterocycles. The molecule has 0 spiro atoms. The number of hydrogen-bond donors (Lipinski definition) is 0. The molecule has 0 aliphatic carbocycles. The summed E-state index contributed by atoms with van der Waals surface area (Å²) in [6, 6.07) is 0. The van der Waals surface area contributed by atoms with E-state index in [1.807, 2.05) is 0 Å². The zero-order chi connectivity index (χ0) is 9.56. The van der Waals surface area contributed by atoms with Crippen molar-refractivity contribution >= 4 is 29.3 Å². The smallest absolute Gasteiger partial charge is 0.158 e. The van der Waals surface area contributed by atoms with Crippen LogP contribution in [0, 0.1) is 11.8 Å². The lowest BCUT2D eigenvalue weighted by atomic mass is 10.2. The van der Waals surface area contributed by atoms with E-state index >= 15 is 0 Å². The molecule has 0 radical (unpaired) electrons. The van der Waals surface area contributed by atoms with E-state index in [-0.39, 0.29) is 0 Å². The first-order valence-electron chi connectivity index (χ1n) is 4.25. The summed E-state index contributed by atoms with van der Waals surface area (Å²) in [5.41, 5.74) is 0. The summed E-state index contributed by atoms with van der Waals surface area (Å²) >= 11 is 6.96. The molecule has 0 rings (SSSR count). The maximum absolute atomic E-state index is 5.50. The minimum Gasteiger partial charge on any atom is -0.158 e. The first-order valence-corrected chi connectivity index (χ1v) is 8.11. The molecule has 0 saturated carbocycles. The van der Waals surface area contributed by atoms with Gasteiger partial charge >= 0.3 is 6.13 Å². The third kappa shape index (κ3) is 8.92. The van der Waals surface area contributed by atoms with Crippen LogP contribution in [0.3, 0.4) is 0 Å². The molecular weight excluding hydrogens is 207 g/mol. The predicted molar refractivity (Wildman–Crippen MR) is 62.4 cm³/mol. The van der Waals surface area contributed by atoms with Gasteiger partial charge in [0.25, 0.3) is 0 Å². The van der Waals surface area contributed by atoms with Crippen molar-refractivity contribution in [3.8, 4) is 0 Å². The SMILES string of the molecule is CC(C)CO[P+](=S)SCC(C)C. The van der Waals surface area contributed by atoms with Crippen molar-refractivity contribution in [1.82, 2.24) is 0 Å². The van der Waals surface area contributed by atoms with Crippen LogP contribution in [0.5, 0.6) is 0 Å². The average molecular weight is 225 g/mol. The second-order valence-electron chi connectivity index (χ2n) is 3.60. The Balaban J connectivity index is 3.34. The van der Waals surface area contributed by atoms with E-state index in [0.717, 1.165) is 12.4 Å². The van der Waals surface area contributed by atoms with Crippen molar-refractivity contribution in [2.24, 2.45) is 11.8 Å². The van der Waals surface area contributed by atoms with Crippen LogP contribution in [0.15, 0.2) is 0 Å². The van der Waals surface area contributed by atoms with Crippen LogP contribution in [0.4, 0.5) is 0 Å². The molecule has 0 fully saturated rings. The van der Waals surface area contributed by atoms with Gasteiger partial charge in [-0.15, -0.1) is 0 Å². The minimum atomic E-state index is -0.646. The summed E-state index contributed by atoms with van der Waals surface area (Å²) in [5.74, 6) is 2.43. The molecule has 0 amide bonds. The van der Waals surface area contributed by atoms with Crippen LogP contribution in [0.25, 0.3) is 0 Å². The van der Waals surface area contributed by atoms with E-state index < -0.39 is 6.13 Å². The predicted octanol–water partition coefficient (Wildman–Crippen LogP) is 3.82. The van der Waals surface area contributed by atoms with Crippen molar-refractivity contribution in [2.75, 3.05) is 12.4 Å². The molecule has 0 aromatic rings. The van der Waals surface area contributed by atoms with E-state index in [4.69, 9.17) is 16.3 Å². The first kappa shape index (κ1) is 12.8. The third-order valence-electron chi connectivity index (χ3n) is 1.03. The second-order valence-corrected chi connectivity index (χ2v) is 8.36. The zero-order valence-corrected chi connectivity index (χ0v) is 10.8. The highest BCUT2D eigenvalue weighted by atomic mass is 32.9. The molecule has 0 heterocycles. The van der Waals surface area contributed by atoms with E-state index in [1.165, 1.54) is 0 Å². The van der Waals surface area contributed by atoms with E-state index in [1.54, 1.807) is 11.4 Å². The highest BCUT2D eigenvalue weighted by Gasteiger charge is 2.15. The highest BCUT2D eigenvalue weighted by Crippen LogP contribution is 2.40. The average Bonchev–Trinajstić information content (AvgIpc) is 1.96. The maximum atomic E-state index is 5.50. The van der Waals surface area contributed by atoms with Crippen molar-refractivity contribution in [3.05, 3.63) is 0 Å². The maximum Gasteiger partial charge on any atom is 0.414 e. The van der Waals surface area contributed by atoms with Gasteiger partial charge in [-0.05, 0) is 11.8 Å². The summed E-state index contributed by atoms with van der Waals surface area (Å²) in [6.07, 6.45) is -0.646. The summed E-state index contributed by atoms with van der Waals surface area (Å²) in [4.78, 5) is 0. The van der Waals surface area contributed by atoms with Crippen LogP contribution < -0.4 is 0 Å². The monoisotopic (exact) mass is 225 g/mol. The van der Waals surface area contributed by atoms with Crippen LogP contribution in [0.1, 0.15) is 27.7 Å². The first-order chi connectivity index (χ1) is 5.52. The lowest BCUT2D eigenvalue weighted by Gasteiger charge is -1.98. The third-order valence-corrected chi connectivity index (χ3v) is 5.07. The molecule has 12 heavy (non-hydrogen) atoms. The zero-order valence-electron chi connectivity index (χ0n) is 8.24. The molecule has 0 aliphatic heterocycles. The van der Waals surface area contributed by atoms with Gasteiger partial charge in [-0.25, -0.2) is 0 Å². The van der Waals surface area contributed by atoms with Gasteiger partial charge in [-0.1, -0.05) is 27.7 Å². The molecule has 1 nitrogen and oxygen atoms in total. The summed E-state index contributed by atoms with van der Waals surface area (Å²) in [7, 11) is 0. The normalized spacial score (nSPS) is 12.7. The van der Waals surface area contributed by atoms with Gasteiger partial charge in [0.15, 0.2) is 0 Å². The number of rotatable bonds is 6. The lowest BCUT2D eigenvalue weighted by molar-refractivity contribution is 0.311. The van der Waals surface area contributed by atoms with Gasteiger partial charge in [0.1, 0.15) is 18.0 Å². The molecule has 0 N–H and O–H groups in total. The molecule has 0 aliphatic rings.